The molecule has 0 N–H and O–H groups in total. The van der Waals surface area contributed by atoms with E-state index in [1.165, 1.54) is 5.57 Å². The molecule has 0 aliphatic heterocycles. The van der Waals surface area contributed by atoms with Gasteiger partial charge in [0.2, 0.25) is 0 Å². The highest BCUT2D eigenvalue weighted by Gasteiger charge is 2.06. The van der Waals surface area contributed by atoms with Crippen molar-refractivity contribution in [3.05, 3.63) is 22.8 Å². The zero-order valence-corrected chi connectivity index (χ0v) is 10.2. The van der Waals surface area contributed by atoms with E-state index in [9.17, 15) is 0 Å². The molecule has 0 saturated heterocycles. The molecule has 0 aromatic rings. The molecule has 0 aliphatic rings. The second-order valence-electron chi connectivity index (χ2n) is 4.08. The lowest BCUT2D eigenvalue weighted by molar-refractivity contribution is 0.654. The summed E-state index contributed by atoms with van der Waals surface area (Å²) in [6.45, 7) is 10.8. The van der Waals surface area contributed by atoms with Crippen LogP contribution in [0.2, 0.25) is 0 Å². The predicted octanol–water partition coefficient (Wildman–Crippen LogP) is 4.76. The van der Waals surface area contributed by atoms with Gasteiger partial charge < -0.3 is 0 Å². The van der Waals surface area contributed by atoms with Crippen LogP contribution in [0.3, 0.4) is 0 Å². The minimum absolute atomic E-state index is 0.516. The largest absolute Gasteiger partial charge is 0.0844 e. The molecule has 1 heteroatoms. The van der Waals surface area contributed by atoms with E-state index in [-0.39, 0.29) is 0 Å². The van der Waals surface area contributed by atoms with Crippen molar-refractivity contribution in [2.75, 3.05) is 0 Å². The molecule has 0 radical (unpaired) electrons. The zero-order chi connectivity index (χ0) is 10.4. The molecule has 0 fully saturated rings. The molecular weight excluding hydrogens is 180 g/mol. The smallest absolute Gasteiger partial charge is 0.0394 e. The van der Waals surface area contributed by atoms with Crippen molar-refractivity contribution in [1.29, 1.82) is 0 Å². The minimum atomic E-state index is 0.516. The van der Waals surface area contributed by atoms with Gasteiger partial charge in [-0.15, -0.1) is 0 Å². The van der Waals surface area contributed by atoms with Gasteiger partial charge in [0.25, 0.3) is 0 Å². The Kier molecular flexibility index (Phi) is 6.15. The Balaban J connectivity index is 4.51. The van der Waals surface area contributed by atoms with Crippen molar-refractivity contribution >= 4 is 11.6 Å². The summed E-state index contributed by atoms with van der Waals surface area (Å²) >= 11 is 6.10. The third kappa shape index (κ3) is 5.15. The van der Waals surface area contributed by atoms with Crippen molar-refractivity contribution < 1.29 is 0 Å². The molecule has 0 bridgehead atoms. The van der Waals surface area contributed by atoms with E-state index >= 15 is 0 Å². The maximum Gasteiger partial charge on any atom is 0.0394 e. The molecule has 0 nitrogen and oxygen atoms in total. The van der Waals surface area contributed by atoms with Gasteiger partial charge in [0.1, 0.15) is 0 Å². The average molecular weight is 201 g/mol. The first-order chi connectivity index (χ1) is 5.99. The summed E-state index contributed by atoms with van der Waals surface area (Å²) in [5.41, 5.74) is 1.28. The molecule has 0 amide bonds. The fraction of sp³-hybridized carbons (Fsp3) is 0.667. The second-order valence-corrected chi connectivity index (χ2v) is 4.49. The maximum atomic E-state index is 6.10. The number of rotatable bonds is 4. The molecule has 0 heterocycles. The van der Waals surface area contributed by atoms with Crippen LogP contribution in [0.4, 0.5) is 0 Å². The van der Waals surface area contributed by atoms with Crippen LogP contribution < -0.4 is 0 Å². The van der Waals surface area contributed by atoms with Gasteiger partial charge in [0, 0.05) is 5.03 Å². The summed E-state index contributed by atoms with van der Waals surface area (Å²) < 4.78 is 0. The standard InChI is InChI=1S/C12H21Cl/c1-6-12(13)11(10(4)5)8-7-9(2)3/h6,8-10H,7H2,1-5H3/b11-8-,12-6+. The van der Waals surface area contributed by atoms with Crippen LogP contribution in [0.15, 0.2) is 22.8 Å². The molecule has 0 aromatic heterocycles. The van der Waals surface area contributed by atoms with Gasteiger partial charge >= 0.3 is 0 Å². The van der Waals surface area contributed by atoms with Crippen LogP contribution in [0.5, 0.6) is 0 Å². The molecule has 76 valence electrons. The topological polar surface area (TPSA) is 0 Å². The highest BCUT2D eigenvalue weighted by atomic mass is 35.5. The van der Waals surface area contributed by atoms with E-state index in [1.807, 2.05) is 13.0 Å². The molecule has 0 saturated carbocycles. The lowest BCUT2D eigenvalue weighted by Crippen LogP contribution is -1.95. The lowest BCUT2D eigenvalue weighted by Gasteiger charge is -2.11. The molecule has 0 unspecified atom stereocenters. The summed E-state index contributed by atoms with van der Waals surface area (Å²) in [6.07, 6.45) is 5.34. The van der Waals surface area contributed by atoms with Crippen molar-refractivity contribution in [2.24, 2.45) is 11.8 Å². The molecule has 13 heavy (non-hydrogen) atoms. The van der Waals surface area contributed by atoms with E-state index in [2.05, 4.69) is 33.8 Å². The van der Waals surface area contributed by atoms with E-state index in [0.717, 1.165) is 11.5 Å². The first kappa shape index (κ1) is 12.8. The molecule has 0 rings (SSSR count). The maximum absolute atomic E-state index is 6.10. The van der Waals surface area contributed by atoms with E-state index in [1.54, 1.807) is 0 Å². The van der Waals surface area contributed by atoms with Gasteiger partial charge in [-0.3, -0.25) is 0 Å². The first-order valence-corrected chi connectivity index (χ1v) is 5.39. The Labute approximate surface area is 87.7 Å². The van der Waals surface area contributed by atoms with Crippen LogP contribution in [0, 0.1) is 11.8 Å². The summed E-state index contributed by atoms with van der Waals surface area (Å²) in [5, 5.41) is 0.899. The summed E-state index contributed by atoms with van der Waals surface area (Å²) in [6, 6.07) is 0. The van der Waals surface area contributed by atoms with E-state index in [4.69, 9.17) is 11.6 Å². The van der Waals surface area contributed by atoms with Gasteiger partial charge in [-0.2, -0.15) is 0 Å². The Hall–Kier alpha value is -0.230. The van der Waals surface area contributed by atoms with Crippen LogP contribution in [-0.2, 0) is 0 Å². The minimum Gasteiger partial charge on any atom is -0.0844 e. The van der Waals surface area contributed by atoms with Gasteiger partial charge in [-0.25, -0.2) is 0 Å². The fourth-order valence-corrected chi connectivity index (χ4v) is 1.43. The number of hydrogen-bond acceptors (Lipinski definition) is 0. The predicted molar refractivity (Wildman–Crippen MR) is 62.0 cm³/mol. The summed E-state index contributed by atoms with van der Waals surface area (Å²) in [5.74, 6) is 1.22. The number of allylic oxidation sites excluding steroid dienone is 4. The van der Waals surface area contributed by atoms with Gasteiger partial charge in [-0.05, 0) is 30.8 Å². The van der Waals surface area contributed by atoms with Crippen molar-refractivity contribution in [3.8, 4) is 0 Å². The molecule has 0 aliphatic carbocycles. The normalized spacial score (nSPS) is 14.5. The van der Waals surface area contributed by atoms with Crippen LogP contribution >= 0.6 is 11.6 Å². The Bertz CT molecular complexity index is 197. The summed E-state index contributed by atoms with van der Waals surface area (Å²) in [4.78, 5) is 0. The quantitative estimate of drug-likeness (QED) is 0.575. The monoisotopic (exact) mass is 200 g/mol. The second kappa shape index (κ2) is 6.26. The van der Waals surface area contributed by atoms with Gasteiger partial charge in [0.05, 0.1) is 0 Å². The van der Waals surface area contributed by atoms with Crippen LogP contribution in [0.25, 0.3) is 0 Å². The van der Waals surface area contributed by atoms with Gasteiger partial charge in [-0.1, -0.05) is 51.4 Å². The Morgan fingerprint density at radius 3 is 2.08 bits per heavy atom. The Morgan fingerprint density at radius 2 is 1.77 bits per heavy atom. The van der Waals surface area contributed by atoms with Crippen molar-refractivity contribution in [1.82, 2.24) is 0 Å². The molecule has 0 aromatic carbocycles. The molecule has 0 atom stereocenters. The number of halogens is 1. The fourth-order valence-electron chi connectivity index (χ4n) is 1.14. The Morgan fingerprint density at radius 1 is 1.23 bits per heavy atom. The van der Waals surface area contributed by atoms with E-state index in [0.29, 0.717) is 11.8 Å². The van der Waals surface area contributed by atoms with Crippen molar-refractivity contribution in [2.45, 2.75) is 41.0 Å². The number of hydrogen-bond donors (Lipinski definition) is 0. The average Bonchev–Trinajstić information content (AvgIpc) is 2.03. The molecular formula is C12H21Cl. The van der Waals surface area contributed by atoms with Crippen LogP contribution in [-0.4, -0.2) is 0 Å². The lowest BCUT2D eigenvalue weighted by atomic mass is 9.99. The van der Waals surface area contributed by atoms with Crippen molar-refractivity contribution in [3.63, 3.8) is 0 Å². The molecule has 0 spiro atoms. The highest BCUT2D eigenvalue weighted by molar-refractivity contribution is 6.31. The van der Waals surface area contributed by atoms with E-state index < -0.39 is 0 Å². The SMILES string of the molecule is C/C=C(Cl)\C(=C/CC(C)C)C(C)C. The third-order valence-electron chi connectivity index (χ3n) is 1.96. The van der Waals surface area contributed by atoms with Crippen LogP contribution in [0.1, 0.15) is 41.0 Å². The summed E-state index contributed by atoms with van der Waals surface area (Å²) in [7, 11) is 0. The highest BCUT2D eigenvalue weighted by Crippen LogP contribution is 2.24. The zero-order valence-electron chi connectivity index (χ0n) is 9.39. The van der Waals surface area contributed by atoms with Gasteiger partial charge in [0.15, 0.2) is 0 Å². The first-order valence-electron chi connectivity index (χ1n) is 5.01. The third-order valence-corrected chi connectivity index (χ3v) is 2.40.